The number of carbonyl (C=O) groups excluding carboxylic acids is 2. The number of aromatic nitrogens is 3. The lowest BCUT2D eigenvalue weighted by atomic mass is 10.1. The number of aliphatic hydroxyl groups is 5. The van der Waals surface area contributed by atoms with E-state index in [1.807, 2.05) is 0 Å². The number of carbonyl (C=O) groups is 2. The quantitative estimate of drug-likeness (QED) is 0.123. The van der Waals surface area contributed by atoms with Crippen molar-refractivity contribution in [2.24, 2.45) is 0 Å². The van der Waals surface area contributed by atoms with Crippen molar-refractivity contribution in [1.29, 1.82) is 0 Å². The van der Waals surface area contributed by atoms with Gasteiger partial charge in [-0.15, -0.1) is 5.10 Å². The standard InChI is InChI=1S/C22H39N5O8S/c1-2-3-4-5-6-7-8-18(31)23-15(13-36-12-14(30)10-28)21(34)24-17-9-27(26-25-17)22-20(33)19(32)16(11-29)35-22/h9,14-16,19-20,22,28-30,32-33H,2-8,10-13H2,1H3,(H,23,31)(H,24,34)/t14-,15-,16?,19-,20-,22+/m1/s1. The van der Waals surface area contributed by atoms with Crippen LogP contribution in [0.3, 0.4) is 0 Å². The third kappa shape index (κ3) is 9.57. The lowest BCUT2D eigenvalue weighted by Crippen LogP contribution is -2.45. The number of thioether (sulfide) groups is 1. The molecule has 1 aromatic rings. The SMILES string of the molecule is CCCCCCCCC(=O)N[C@H](CSC[C@H](O)CO)C(=O)Nc1cn([C@H]2OC(CO)[C@@H](O)[C@H]2O)nn1. The minimum Gasteiger partial charge on any atom is -0.394 e. The smallest absolute Gasteiger partial charge is 0.249 e. The highest BCUT2D eigenvalue weighted by atomic mass is 32.2. The lowest BCUT2D eigenvalue weighted by molar-refractivity contribution is -0.126. The molecule has 206 valence electrons. The van der Waals surface area contributed by atoms with Crippen molar-refractivity contribution in [1.82, 2.24) is 20.3 Å². The molecule has 1 fully saturated rings. The topological polar surface area (TPSA) is 199 Å². The first-order valence-electron chi connectivity index (χ1n) is 12.3. The Labute approximate surface area is 214 Å². The van der Waals surface area contributed by atoms with Gasteiger partial charge in [0.25, 0.3) is 0 Å². The van der Waals surface area contributed by atoms with Gasteiger partial charge in [-0.05, 0) is 6.42 Å². The van der Waals surface area contributed by atoms with Gasteiger partial charge < -0.3 is 40.9 Å². The fraction of sp³-hybridized carbons (Fsp3) is 0.818. The average molecular weight is 534 g/mol. The summed E-state index contributed by atoms with van der Waals surface area (Å²) >= 11 is 1.21. The minimum atomic E-state index is -1.35. The molecule has 0 radical (unpaired) electrons. The van der Waals surface area contributed by atoms with Crippen molar-refractivity contribution < 1.29 is 39.9 Å². The van der Waals surface area contributed by atoms with Gasteiger partial charge in [0.1, 0.15) is 24.4 Å². The van der Waals surface area contributed by atoms with Crippen LogP contribution < -0.4 is 10.6 Å². The molecule has 1 saturated heterocycles. The van der Waals surface area contributed by atoms with E-state index in [0.29, 0.717) is 6.42 Å². The second-order valence-corrected chi connectivity index (χ2v) is 9.89. The van der Waals surface area contributed by atoms with Gasteiger partial charge in [0.05, 0.1) is 25.5 Å². The molecule has 2 heterocycles. The van der Waals surface area contributed by atoms with E-state index in [9.17, 15) is 30.0 Å². The van der Waals surface area contributed by atoms with Crippen LogP contribution in [-0.2, 0) is 14.3 Å². The molecule has 0 aliphatic carbocycles. The number of hydrogen-bond donors (Lipinski definition) is 7. The Morgan fingerprint density at radius 2 is 1.86 bits per heavy atom. The number of ether oxygens (including phenoxy) is 1. The van der Waals surface area contributed by atoms with Gasteiger partial charge in [-0.1, -0.05) is 44.2 Å². The van der Waals surface area contributed by atoms with Crippen molar-refractivity contribution in [3.05, 3.63) is 6.20 Å². The molecule has 0 saturated carbocycles. The third-order valence-corrected chi connectivity index (χ3v) is 6.94. The molecule has 0 spiro atoms. The maximum Gasteiger partial charge on any atom is 0.249 e. The number of hydrogen-bond acceptors (Lipinski definition) is 11. The lowest BCUT2D eigenvalue weighted by Gasteiger charge is -2.18. The van der Waals surface area contributed by atoms with Gasteiger partial charge in [0, 0.05) is 17.9 Å². The van der Waals surface area contributed by atoms with Crippen LogP contribution in [0.4, 0.5) is 5.82 Å². The van der Waals surface area contributed by atoms with E-state index in [1.54, 1.807) is 0 Å². The van der Waals surface area contributed by atoms with Gasteiger partial charge >= 0.3 is 0 Å². The van der Waals surface area contributed by atoms with Crippen LogP contribution in [0.5, 0.6) is 0 Å². The van der Waals surface area contributed by atoms with E-state index in [-0.39, 0.29) is 23.2 Å². The Morgan fingerprint density at radius 1 is 1.14 bits per heavy atom. The molecular formula is C22H39N5O8S. The predicted octanol–water partition coefficient (Wildman–Crippen LogP) is -0.850. The van der Waals surface area contributed by atoms with Crippen LogP contribution >= 0.6 is 11.8 Å². The largest absolute Gasteiger partial charge is 0.394 e. The molecule has 0 aromatic carbocycles. The fourth-order valence-electron chi connectivity index (χ4n) is 3.66. The van der Waals surface area contributed by atoms with Crippen molar-refractivity contribution in [3.63, 3.8) is 0 Å². The number of nitrogens with zero attached hydrogens (tertiary/aromatic N) is 3. The Kier molecular flexibility index (Phi) is 13.6. The summed E-state index contributed by atoms with van der Waals surface area (Å²) in [5.74, 6) is -0.425. The summed E-state index contributed by atoms with van der Waals surface area (Å²) < 4.78 is 6.51. The van der Waals surface area contributed by atoms with Crippen molar-refractivity contribution in [2.45, 2.75) is 88.6 Å². The van der Waals surface area contributed by atoms with Crippen LogP contribution in [0.15, 0.2) is 6.20 Å². The molecule has 7 N–H and O–H groups in total. The number of amides is 2. The second kappa shape index (κ2) is 16.1. The van der Waals surface area contributed by atoms with Gasteiger partial charge in [-0.25, -0.2) is 4.68 Å². The van der Waals surface area contributed by atoms with E-state index >= 15 is 0 Å². The van der Waals surface area contributed by atoms with Gasteiger partial charge in [0.15, 0.2) is 12.0 Å². The zero-order valence-electron chi connectivity index (χ0n) is 20.5. The summed E-state index contributed by atoms with van der Waals surface area (Å²) in [5, 5.41) is 60.8. The Morgan fingerprint density at radius 3 is 2.53 bits per heavy atom. The molecule has 13 nitrogen and oxygen atoms in total. The summed E-state index contributed by atoms with van der Waals surface area (Å²) in [6.07, 6.45) is 2.09. The maximum absolute atomic E-state index is 12.9. The van der Waals surface area contributed by atoms with Crippen LogP contribution in [0.1, 0.15) is 58.1 Å². The van der Waals surface area contributed by atoms with E-state index in [4.69, 9.17) is 9.84 Å². The number of anilines is 1. The van der Waals surface area contributed by atoms with Crippen molar-refractivity contribution in [2.75, 3.05) is 30.0 Å². The summed E-state index contributed by atoms with van der Waals surface area (Å²) in [5.41, 5.74) is 0. The molecule has 2 amide bonds. The summed E-state index contributed by atoms with van der Waals surface area (Å²) in [6, 6.07) is -0.924. The Balaban J connectivity index is 1.94. The van der Waals surface area contributed by atoms with Gasteiger partial charge in [-0.3, -0.25) is 9.59 Å². The summed E-state index contributed by atoms with van der Waals surface area (Å²) in [4.78, 5) is 25.4. The van der Waals surface area contributed by atoms with Gasteiger partial charge in [0.2, 0.25) is 11.8 Å². The third-order valence-electron chi connectivity index (χ3n) is 5.75. The fourth-order valence-corrected chi connectivity index (χ4v) is 4.64. The van der Waals surface area contributed by atoms with E-state index in [0.717, 1.165) is 36.8 Å². The van der Waals surface area contributed by atoms with Gasteiger partial charge in [-0.2, -0.15) is 11.8 Å². The molecule has 6 atom stereocenters. The number of rotatable bonds is 17. The molecule has 1 aliphatic heterocycles. The molecule has 1 aromatic heterocycles. The first kappa shape index (κ1) is 30.4. The van der Waals surface area contributed by atoms with Crippen LogP contribution in [0.2, 0.25) is 0 Å². The zero-order valence-corrected chi connectivity index (χ0v) is 21.3. The molecule has 1 unspecified atom stereocenters. The number of aliphatic hydroxyl groups excluding tert-OH is 5. The highest BCUT2D eigenvalue weighted by Crippen LogP contribution is 2.29. The minimum absolute atomic E-state index is 0.0355. The first-order valence-corrected chi connectivity index (χ1v) is 13.5. The van der Waals surface area contributed by atoms with Crippen molar-refractivity contribution >= 4 is 29.4 Å². The zero-order chi connectivity index (χ0) is 26.5. The highest BCUT2D eigenvalue weighted by molar-refractivity contribution is 7.99. The molecule has 36 heavy (non-hydrogen) atoms. The molecule has 0 bridgehead atoms. The number of unbranched alkanes of at least 4 members (excludes halogenated alkanes) is 5. The van der Waals surface area contributed by atoms with E-state index in [1.165, 1.54) is 24.4 Å². The second-order valence-electron chi connectivity index (χ2n) is 8.81. The molecule has 2 rings (SSSR count). The highest BCUT2D eigenvalue weighted by Gasteiger charge is 2.44. The molecular weight excluding hydrogens is 494 g/mol. The van der Waals surface area contributed by atoms with E-state index < -0.39 is 55.8 Å². The first-order chi connectivity index (χ1) is 17.3. The van der Waals surface area contributed by atoms with Crippen LogP contribution in [0.25, 0.3) is 0 Å². The Bertz CT molecular complexity index is 800. The maximum atomic E-state index is 12.9. The normalized spacial score (nSPS) is 23.4. The monoisotopic (exact) mass is 533 g/mol. The van der Waals surface area contributed by atoms with Crippen LogP contribution in [0, 0.1) is 0 Å². The Hall–Kier alpha value is -1.81. The van der Waals surface area contributed by atoms with Crippen LogP contribution in [-0.4, -0.2) is 108 Å². The summed E-state index contributed by atoms with van der Waals surface area (Å²) in [7, 11) is 0. The molecule has 14 heteroatoms. The van der Waals surface area contributed by atoms with E-state index in [2.05, 4.69) is 27.9 Å². The summed E-state index contributed by atoms with van der Waals surface area (Å²) in [6.45, 7) is 1.24. The predicted molar refractivity (Wildman–Crippen MR) is 132 cm³/mol. The van der Waals surface area contributed by atoms with Crippen molar-refractivity contribution in [3.8, 4) is 0 Å². The number of nitrogens with one attached hydrogen (secondary N) is 2. The average Bonchev–Trinajstić information content (AvgIpc) is 3.44. The molecule has 1 aliphatic rings.